The number of anilines is 1. The molecule has 2 aliphatic heterocycles. The summed E-state index contributed by atoms with van der Waals surface area (Å²) < 4.78 is 10.6. The predicted octanol–water partition coefficient (Wildman–Crippen LogP) is 0.656. The van der Waals surface area contributed by atoms with Crippen molar-refractivity contribution in [3.8, 4) is 5.75 Å². The van der Waals surface area contributed by atoms with Crippen molar-refractivity contribution in [3.63, 3.8) is 0 Å². The Balaban J connectivity index is 1.30. The molecule has 1 aromatic carbocycles. The van der Waals surface area contributed by atoms with Crippen LogP contribution in [0.3, 0.4) is 0 Å². The summed E-state index contributed by atoms with van der Waals surface area (Å²) in [6, 6.07) is 8.12. The van der Waals surface area contributed by atoms with E-state index in [0.29, 0.717) is 6.42 Å². The number of amides is 1. The van der Waals surface area contributed by atoms with Crippen LogP contribution >= 0.6 is 0 Å². The molecule has 0 radical (unpaired) electrons. The third-order valence-corrected chi connectivity index (χ3v) is 5.29. The Labute approximate surface area is 162 Å². The highest BCUT2D eigenvalue weighted by molar-refractivity contribution is 5.76. The van der Waals surface area contributed by atoms with Gasteiger partial charge < -0.3 is 24.6 Å². The molecular formula is C20H32N4O3. The van der Waals surface area contributed by atoms with Crippen molar-refractivity contribution in [1.29, 1.82) is 0 Å². The Morgan fingerprint density at radius 3 is 2.41 bits per heavy atom. The van der Waals surface area contributed by atoms with Gasteiger partial charge in [-0.3, -0.25) is 9.69 Å². The van der Waals surface area contributed by atoms with Crippen LogP contribution in [0.2, 0.25) is 0 Å². The number of ether oxygens (including phenoxy) is 2. The average molecular weight is 377 g/mol. The molecule has 2 aliphatic rings. The molecule has 150 valence electrons. The van der Waals surface area contributed by atoms with E-state index in [0.717, 1.165) is 77.9 Å². The van der Waals surface area contributed by atoms with Crippen molar-refractivity contribution in [3.05, 3.63) is 24.3 Å². The first-order chi connectivity index (χ1) is 13.3. The molecule has 1 N–H and O–H groups in total. The lowest BCUT2D eigenvalue weighted by Gasteiger charge is -2.36. The summed E-state index contributed by atoms with van der Waals surface area (Å²) in [6.07, 6.45) is 0.575. The summed E-state index contributed by atoms with van der Waals surface area (Å²) in [6.45, 7) is 9.74. The number of hydrogen-bond acceptors (Lipinski definition) is 6. The monoisotopic (exact) mass is 376 g/mol. The molecule has 2 fully saturated rings. The Hall–Kier alpha value is -1.83. The van der Waals surface area contributed by atoms with Gasteiger partial charge in [0.25, 0.3) is 0 Å². The van der Waals surface area contributed by atoms with Crippen molar-refractivity contribution < 1.29 is 14.3 Å². The van der Waals surface area contributed by atoms with E-state index in [1.165, 1.54) is 5.69 Å². The Bertz CT molecular complexity index is 567. The van der Waals surface area contributed by atoms with Crippen molar-refractivity contribution in [2.75, 3.05) is 84.1 Å². The summed E-state index contributed by atoms with van der Waals surface area (Å²) in [5.74, 6) is 1.12. The number of morpholine rings is 1. The van der Waals surface area contributed by atoms with E-state index < -0.39 is 0 Å². The summed E-state index contributed by atoms with van der Waals surface area (Å²) in [4.78, 5) is 19.1. The number of hydrogen-bond donors (Lipinski definition) is 1. The van der Waals surface area contributed by atoms with E-state index in [1.54, 1.807) is 7.11 Å². The fourth-order valence-electron chi connectivity index (χ4n) is 3.55. The van der Waals surface area contributed by atoms with Crippen LogP contribution in [0.5, 0.6) is 5.75 Å². The van der Waals surface area contributed by atoms with Crippen molar-refractivity contribution in [1.82, 2.24) is 15.1 Å². The van der Waals surface area contributed by atoms with Crippen LogP contribution < -0.4 is 15.0 Å². The van der Waals surface area contributed by atoms with Crippen LogP contribution in [0.1, 0.15) is 6.42 Å². The van der Waals surface area contributed by atoms with Gasteiger partial charge in [-0.1, -0.05) is 0 Å². The van der Waals surface area contributed by atoms with Gasteiger partial charge in [-0.25, -0.2) is 0 Å². The summed E-state index contributed by atoms with van der Waals surface area (Å²) in [5, 5.41) is 3.40. The third kappa shape index (κ3) is 6.09. The Morgan fingerprint density at radius 1 is 1.04 bits per heavy atom. The fraction of sp³-hybridized carbons (Fsp3) is 0.650. The van der Waals surface area contributed by atoms with E-state index >= 15 is 0 Å². The van der Waals surface area contributed by atoms with E-state index in [2.05, 4.69) is 27.2 Å². The molecular weight excluding hydrogens is 344 g/mol. The maximum absolute atomic E-state index is 12.4. The number of rotatable bonds is 8. The molecule has 0 aliphatic carbocycles. The largest absolute Gasteiger partial charge is 0.497 e. The first-order valence-electron chi connectivity index (χ1n) is 9.94. The van der Waals surface area contributed by atoms with Gasteiger partial charge in [0.05, 0.1) is 20.3 Å². The predicted molar refractivity (Wildman–Crippen MR) is 107 cm³/mol. The highest BCUT2D eigenvalue weighted by Gasteiger charge is 2.21. The van der Waals surface area contributed by atoms with Gasteiger partial charge in [0, 0.05) is 71.0 Å². The molecule has 0 atom stereocenters. The summed E-state index contributed by atoms with van der Waals surface area (Å²) in [5.41, 5.74) is 1.19. The van der Waals surface area contributed by atoms with Crippen LogP contribution in [0.4, 0.5) is 5.69 Å². The minimum Gasteiger partial charge on any atom is -0.497 e. The second-order valence-corrected chi connectivity index (χ2v) is 7.02. The van der Waals surface area contributed by atoms with Crippen molar-refractivity contribution >= 4 is 11.6 Å². The first kappa shape index (κ1) is 19.9. The molecule has 2 heterocycles. The van der Waals surface area contributed by atoms with E-state index in [-0.39, 0.29) is 5.91 Å². The zero-order valence-corrected chi connectivity index (χ0v) is 16.4. The van der Waals surface area contributed by atoms with Gasteiger partial charge in [-0.2, -0.15) is 0 Å². The molecule has 0 bridgehead atoms. The topological polar surface area (TPSA) is 57.3 Å². The molecule has 3 rings (SSSR count). The minimum atomic E-state index is 0.253. The van der Waals surface area contributed by atoms with Gasteiger partial charge in [0.2, 0.25) is 5.91 Å². The molecule has 0 aromatic heterocycles. The van der Waals surface area contributed by atoms with Crippen LogP contribution in [0.15, 0.2) is 24.3 Å². The van der Waals surface area contributed by atoms with Crippen LogP contribution in [0, 0.1) is 0 Å². The van der Waals surface area contributed by atoms with Gasteiger partial charge in [0.1, 0.15) is 5.75 Å². The molecule has 0 spiro atoms. The molecule has 2 saturated heterocycles. The second kappa shape index (κ2) is 10.5. The lowest BCUT2D eigenvalue weighted by Crippen LogP contribution is -2.49. The van der Waals surface area contributed by atoms with Gasteiger partial charge in [-0.15, -0.1) is 0 Å². The maximum Gasteiger partial charge on any atom is 0.223 e. The molecule has 1 aromatic rings. The zero-order chi connectivity index (χ0) is 18.9. The third-order valence-electron chi connectivity index (χ3n) is 5.29. The number of carbonyl (C=O) groups is 1. The quantitative estimate of drug-likeness (QED) is 0.673. The number of nitrogens with one attached hydrogen (secondary N) is 1. The van der Waals surface area contributed by atoms with Crippen LogP contribution in [-0.2, 0) is 9.53 Å². The number of methoxy groups -OCH3 is 1. The number of piperazine rings is 1. The van der Waals surface area contributed by atoms with E-state index in [1.807, 2.05) is 17.0 Å². The number of carbonyl (C=O) groups excluding carboxylic acids is 1. The molecule has 1 amide bonds. The van der Waals surface area contributed by atoms with E-state index in [9.17, 15) is 4.79 Å². The highest BCUT2D eigenvalue weighted by atomic mass is 16.5. The van der Waals surface area contributed by atoms with Crippen molar-refractivity contribution in [2.45, 2.75) is 6.42 Å². The van der Waals surface area contributed by atoms with Gasteiger partial charge >= 0.3 is 0 Å². The first-order valence-corrected chi connectivity index (χ1v) is 9.94. The Morgan fingerprint density at radius 2 is 1.74 bits per heavy atom. The fourth-order valence-corrected chi connectivity index (χ4v) is 3.55. The molecule has 0 unspecified atom stereocenters. The molecule has 27 heavy (non-hydrogen) atoms. The highest BCUT2D eigenvalue weighted by Crippen LogP contribution is 2.20. The lowest BCUT2D eigenvalue weighted by atomic mass is 10.2. The average Bonchev–Trinajstić information content (AvgIpc) is 2.74. The van der Waals surface area contributed by atoms with Gasteiger partial charge in [0.15, 0.2) is 0 Å². The van der Waals surface area contributed by atoms with Crippen molar-refractivity contribution in [2.24, 2.45) is 0 Å². The zero-order valence-electron chi connectivity index (χ0n) is 16.4. The maximum atomic E-state index is 12.4. The number of benzene rings is 1. The van der Waals surface area contributed by atoms with E-state index in [4.69, 9.17) is 9.47 Å². The van der Waals surface area contributed by atoms with Crippen LogP contribution in [-0.4, -0.2) is 94.9 Å². The number of nitrogens with zero attached hydrogens (tertiary/aromatic N) is 3. The second-order valence-electron chi connectivity index (χ2n) is 7.02. The summed E-state index contributed by atoms with van der Waals surface area (Å²) >= 11 is 0. The SMILES string of the molecule is COc1ccc(N2CCN(C(=O)CCNCCN3CCOCC3)CC2)cc1. The normalized spacial score (nSPS) is 18.6. The summed E-state index contributed by atoms with van der Waals surface area (Å²) in [7, 11) is 1.68. The lowest BCUT2D eigenvalue weighted by molar-refractivity contribution is -0.131. The molecule has 0 saturated carbocycles. The Kier molecular flexibility index (Phi) is 7.74. The van der Waals surface area contributed by atoms with Crippen LogP contribution in [0.25, 0.3) is 0 Å². The smallest absolute Gasteiger partial charge is 0.223 e. The molecule has 7 nitrogen and oxygen atoms in total. The minimum absolute atomic E-state index is 0.253. The van der Waals surface area contributed by atoms with Gasteiger partial charge in [-0.05, 0) is 24.3 Å². The standard InChI is InChI=1S/C20H32N4O3/c1-26-19-4-2-18(3-5-19)23-10-12-24(13-11-23)20(25)6-7-21-8-9-22-14-16-27-17-15-22/h2-5,21H,6-17H2,1H3. The molecule has 7 heteroatoms.